The minimum Gasteiger partial charge on any atom is -0.502 e. The maximum atomic E-state index is 12.1. The highest BCUT2D eigenvalue weighted by atomic mass is 32.2. The largest absolute Gasteiger partial charge is 0.502 e. The molecule has 20 heavy (non-hydrogen) atoms. The molecule has 1 aromatic carbocycles. The number of aromatic hydroxyl groups is 1. The van der Waals surface area contributed by atoms with E-state index >= 15 is 0 Å². The second-order valence-corrected chi connectivity index (χ2v) is 7.41. The fraction of sp³-hybridized carbons (Fsp3) is 0.455. The lowest BCUT2D eigenvalue weighted by atomic mass is 10.1. The van der Waals surface area contributed by atoms with E-state index in [1.807, 2.05) is 0 Å². The van der Waals surface area contributed by atoms with E-state index in [1.54, 1.807) is 11.8 Å². The van der Waals surface area contributed by atoms with Gasteiger partial charge < -0.3 is 5.11 Å². The van der Waals surface area contributed by atoms with Crippen LogP contribution in [0.3, 0.4) is 0 Å². The first kappa shape index (κ1) is 15.1. The number of nitrogens with one attached hydrogen (secondary N) is 1. The van der Waals surface area contributed by atoms with Gasteiger partial charge in [0.15, 0.2) is 5.75 Å². The lowest BCUT2D eigenvalue weighted by Crippen LogP contribution is -2.29. The van der Waals surface area contributed by atoms with Crippen LogP contribution in [0.25, 0.3) is 0 Å². The molecular weight excluding hydrogens is 304 g/mol. The number of phenolic OH excluding ortho intramolecular Hbond substituents is 1. The molecule has 0 aromatic heterocycles. The SMILES string of the molecule is O=[N+]([O-])c1cc(S(=O)(=O)NCC2CCSC2)ccc1O. The molecule has 1 aliphatic rings. The van der Waals surface area contributed by atoms with Crippen molar-refractivity contribution in [3.05, 3.63) is 28.3 Å². The summed E-state index contributed by atoms with van der Waals surface area (Å²) in [6.07, 6.45) is 0.961. The van der Waals surface area contributed by atoms with Gasteiger partial charge in [0, 0.05) is 12.6 Å². The lowest BCUT2D eigenvalue weighted by molar-refractivity contribution is -0.386. The third kappa shape index (κ3) is 3.41. The Morgan fingerprint density at radius 2 is 2.25 bits per heavy atom. The Bertz CT molecular complexity index is 611. The zero-order chi connectivity index (χ0) is 14.8. The van der Waals surface area contributed by atoms with Gasteiger partial charge in [-0.05, 0) is 36.0 Å². The fourth-order valence-corrected chi connectivity index (χ4v) is 4.29. The van der Waals surface area contributed by atoms with Gasteiger partial charge in [0.2, 0.25) is 10.0 Å². The van der Waals surface area contributed by atoms with Crippen LogP contribution in [-0.4, -0.2) is 36.5 Å². The predicted octanol–water partition coefficient (Wildman–Crippen LogP) is 1.33. The topological polar surface area (TPSA) is 110 Å². The molecule has 7 nitrogen and oxygen atoms in total. The van der Waals surface area contributed by atoms with E-state index in [0.717, 1.165) is 36.1 Å². The number of hydrogen-bond acceptors (Lipinski definition) is 6. The van der Waals surface area contributed by atoms with Crippen LogP contribution in [0.15, 0.2) is 23.1 Å². The number of nitro benzene ring substituents is 1. The second kappa shape index (κ2) is 5.98. The molecule has 1 aliphatic heterocycles. The van der Waals surface area contributed by atoms with E-state index in [9.17, 15) is 23.6 Å². The van der Waals surface area contributed by atoms with Crippen molar-refractivity contribution in [1.82, 2.24) is 4.72 Å². The normalized spacial score (nSPS) is 19.1. The van der Waals surface area contributed by atoms with E-state index in [1.165, 1.54) is 0 Å². The van der Waals surface area contributed by atoms with Gasteiger partial charge in [-0.25, -0.2) is 13.1 Å². The maximum absolute atomic E-state index is 12.1. The van der Waals surface area contributed by atoms with Gasteiger partial charge in [0.1, 0.15) is 0 Å². The maximum Gasteiger partial charge on any atom is 0.312 e. The van der Waals surface area contributed by atoms with Crippen molar-refractivity contribution in [3.8, 4) is 5.75 Å². The Balaban J connectivity index is 2.16. The van der Waals surface area contributed by atoms with E-state index in [-0.39, 0.29) is 4.90 Å². The molecule has 110 valence electrons. The van der Waals surface area contributed by atoms with Crippen LogP contribution in [-0.2, 0) is 10.0 Å². The van der Waals surface area contributed by atoms with Crippen molar-refractivity contribution in [2.45, 2.75) is 11.3 Å². The smallest absolute Gasteiger partial charge is 0.312 e. The quantitative estimate of drug-likeness (QED) is 0.626. The molecule has 1 aromatic rings. The van der Waals surface area contributed by atoms with E-state index < -0.39 is 26.4 Å². The van der Waals surface area contributed by atoms with Crippen LogP contribution in [0.4, 0.5) is 5.69 Å². The number of nitrogens with zero attached hydrogens (tertiary/aromatic N) is 1. The Labute approximate surface area is 120 Å². The lowest BCUT2D eigenvalue weighted by Gasteiger charge is -2.10. The highest BCUT2D eigenvalue weighted by Gasteiger charge is 2.23. The number of phenols is 1. The van der Waals surface area contributed by atoms with Gasteiger partial charge in [-0.1, -0.05) is 0 Å². The summed E-state index contributed by atoms with van der Waals surface area (Å²) in [6.45, 7) is 0.323. The number of hydrogen-bond donors (Lipinski definition) is 2. The molecule has 0 bridgehead atoms. The van der Waals surface area contributed by atoms with Crippen molar-refractivity contribution in [2.24, 2.45) is 5.92 Å². The van der Waals surface area contributed by atoms with Crippen LogP contribution in [0.2, 0.25) is 0 Å². The summed E-state index contributed by atoms with van der Waals surface area (Å²) < 4.78 is 26.6. The number of thioether (sulfide) groups is 1. The molecule has 2 rings (SSSR count). The molecule has 0 saturated carbocycles. The van der Waals surface area contributed by atoms with Crippen molar-refractivity contribution < 1.29 is 18.4 Å². The van der Waals surface area contributed by atoms with E-state index in [2.05, 4.69) is 4.72 Å². The van der Waals surface area contributed by atoms with Crippen LogP contribution >= 0.6 is 11.8 Å². The van der Waals surface area contributed by atoms with Crippen LogP contribution in [0, 0.1) is 16.0 Å². The minimum atomic E-state index is -3.80. The third-order valence-electron chi connectivity index (χ3n) is 3.04. The van der Waals surface area contributed by atoms with Gasteiger partial charge in [0.25, 0.3) is 0 Å². The van der Waals surface area contributed by atoms with Gasteiger partial charge in [0.05, 0.1) is 9.82 Å². The van der Waals surface area contributed by atoms with Crippen LogP contribution in [0.5, 0.6) is 5.75 Å². The molecule has 0 aliphatic carbocycles. The molecule has 1 atom stereocenters. The molecule has 9 heteroatoms. The standard InChI is InChI=1S/C11H14N2O5S2/c14-11-2-1-9(5-10(11)13(15)16)20(17,18)12-6-8-3-4-19-7-8/h1-2,5,8,12,14H,3-4,6-7H2. The minimum absolute atomic E-state index is 0.215. The molecular formula is C11H14N2O5S2. The highest BCUT2D eigenvalue weighted by Crippen LogP contribution is 2.28. The Kier molecular flexibility index (Phi) is 4.51. The van der Waals surface area contributed by atoms with Crippen LogP contribution < -0.4 is 4.72 Å². The molecule has 1 fully saturated rings. The second-order valence-electron chi connectivity index (χ2n) is 4.49. The Morgan fingerprint density at radius 3 is 2.85 bits per heavy atom. The van der Waals surface area contributed by atoms with E-state index in [4.69, 9.17) is 0 Å². The predicted molar refractivity (Wildman–Crippen MR) is 75.4 cm³/mol. The number of nitro groups is 1. The summed E-state index contributed by atoms with van der Waals surface area (Å²) in [5.41, 5.74) is -0.621. The molecule has 1 saturated heterocycles. The van der Waals surface area contributed by atoms with Crippen molar-refractivity contribution in [3.63, 3.8) is 0 Å². The van der Waals surface area contributed by atoms with Gasteiger partial charge in [-0.3, -0.25) is 10.1 Å². The first-order valence-corrected chi connectivity index (χ1v) is 8.59. The number of sulfonamides is 1. The summed E-state index contributed by atoms with van der Waals surface area (Å²) in [7, 11) is -3.80. The first-order chi connectivity index (χ1) is 9.40. The Hall–Kier alpha value is -1.32. The van der Waals surface area contributed by atoms with Crippen molar-refractivity contribution >= 4 is 27.5 Å². The molecule has 2 N–H and O–H groups in total. The van der Waals surface area contributed by atoms with Gasteiger partial charge >= 0.3 is 5.69 Å². The molecule has 0 radical (unpaired) electrons. The average molecular weight is 318 g/mol. The van der Waals surface area contributed by atoms with E-state index in [0.29, 0.717) is 12.5 Å². The molecule has 1 unspecified atom stereocenters. The Morgan fingerprint density at radius 1 is 1.50 bits per heavy atom. The summed E-state index contributed by atoms with van der Waals surface area (Å²) in [6, 6.07) is 3.02. The fourth-order valence-electron chi connectivity index (χ4n) is 1.87. The summed E-state index contributed by atoms with van der Waals surface area (Å²) in [5.74, 6) is 1.68. The molecule has 0 spiro atoms. The average Bonchev–Trinajstić information content (AvgIpc) is 2.89. The number of rotatable bonds is 5. The first-order valence-electron chi connectivity index (χ1n) is 5.95. The number of benzene rings is 1. The monoisotopic (exact) mass is 318 g/mol. The van der Waals surface area contributed by atoms with Crippen molar-refractivity contribution in [1.29, 1.82) is 0 Å². The van der Waals surface area contributed by atoms with Gasteiger partial charge in [-0.2, -0.15) is 11.8 Å². The summed E-state index contributed by atoms with van der Waals surface area (Å²) in [5, 5.41) is 20.0. The van der Waals surface area contributed by atoms with Crippen molar-refractivity contribution in [2.75, 3.05) is 18.1 Å². The summed E-state index contributed by atoms with van der Waals surface area (Å²) >= 11 is 1.78. The summed E-state index contributed by atoms with van der Waals surface area (Å²) in [4.78, 5) is 9.66. The van der Waals surface area contributed by atoms with Crippen LogP contribution in [0.1, 0.15) is 6.42 Å². The molecule has 1 heterocycles. The van der Waals surface area contributed by atoms with Gasteiger partial charge in [-0.15, -0.1) is 0 Å². The highest BCUT2D eigenvalue weighted by molar-refractivity contribution is 7.99. The third-order valence-corrected chi connectivity index (χ3v) is 5.69. The molecule has 0 amide bonds. The zero-order valence-electron chi connectivity index (χ0n) is 10.5. The zero-order valence-corrected chi connectivity index (χ0v) is 12.1.